The molecule has 4 aromatic rings. The molecule has 3 nitrogen and oxygen atoms in total. The van der Waals surface area contributed by atoms with E-state index in [1.54, 1.807) is 0 Å². The summed E-state index contributed by atoms with van der Waals surface area (Å²) >= 11 is 0. The second kappa shape index (κ2) is 8.64. The number of hydrogen-bond acceptors (Lipinski definition) is 3. The number of Topliss-reactive ketones (excluding diaryl/α,β-unsaturated/α-hetero) is 1. The van der Waals surface area contributed by atoms with Crippen LogP contribution in [0.3, 0.4) is 0 Å². The van der Waals surface area contributed by atoms with E-state index in [2.05, 4.69) is 5.16 Å². The average molecular weight is 418 g/mol. The number of carbonyl (C=O) groups excluding carboxylic acids is 1. The molecule has 1 aliphatic carbocycles. The second-order valence-corrected chi connectivity index (χ2v) is 7.89. The van der Waals surface area contributed by atoms with Crippen LogP contribution < -0.4 is 0 Å². The molecule has 5 rings (SSSR count). The van der Waals surface area contributed by atoms with Crippen molar-refractivity contribution >= 4 is 11.5 Å². The van der Waals surface area contributed by atoms with E-state index in [0.717, 1.165) is 28.7 Å². The summed E-state index contributed by atoms with van der Waals surface area (Å²) in [5, 5.41) is 4.53. The Morgan fingerprint density at radius 2 is 1.06 bits per heavy atom. The number of nitrogens with zero attached hydrogens (tertiary/aromatic N) is 1. The summed E-state index contributed by atoms with van der Waals surface area (Å²) in [6, 6.07) is 37.9. The third-order valence-electron chi connectivity index (χ3n) is 5.99. The van der Waals surface area contributed by atoms with Crippen molar-refractivity contribution in [2.45, 2.75) is 18.4 Å². The molecule has 3 heteroatoms. The van der Waals surface area contributed by atoms with E-state index in [-0.39, 0.29) is 5.78 Å². The number of oxime groups is 1. The number of ketones is 1. The highest BCUT2D eigenvalue weighted by Gasteiger charge is 2.40. The van der Waals surface area contributed by atoms with Gasteiger partial charge in [0.25, 0.3) is 0 Å². The Bertz CT molecular complexity index is 1150. The molecule has 4 aromatic carbocycles. The van der Waals surface area contributed by atoms with E-state index < -0.39 is 5.60 Å². The van der Waals surface area contributed by atoms with Crippen LogP contribution in [0.25, 0.3) is 0 Å². The lowest BCUT2D eigenvalue weighted by Crippen LogP contribution is -2.32. The number of hydrogen-bond donors (Lipinski definition) is 0. The fourth-order valence-electron chi connectivity index (χ4n) is 4.37. The first-order valence-corrected chi connectivity index (χ1v) is 10.8. The molecule has 1 aliphatic rings. The zero-order valence-electron chi connectivity index (χ0n) is 17.6. The van der Waals surface area contributed by atoms with Crippen molar-refractivity contribution in [3.63, 3.8) is 0 Å². The van der Waals surface area contributed by atoms with Crippen molar-refractivity contribution in [1.82, 2.24) is 0 Å². The van der Waals surface area contributed by atoms with Crippen LogP contribution >= 0.6 is 0 Å². The molecule has 0 aromatic heterocycles. The van der Waals surface area contributed by atoms with Gasteiger partial charge in [-0.25, -0.2) is 0 Å². The van der Waals surface area contributed by atoms with Crippen LogP contribution in [0.15, 0.2) is 120 Å². The first-order chi connectivity index (χ1) is 15.8. The Hall–Kier alpha value is -3.98. The summed E-state index contributed by atoms with van der Waals surface area (Å²) < 4.78 is 0. The maximum atomic E-state index is 13.1. The van der Waals surface area contributed by atoms with Crippen LogP contribution in [-0.4, -0.2) is 11.5 Å². The molecular weight excluding hydrogens is 394 g/mol. The maximum absolute atomic E-state index is 13.1. The van der Waals surface area contributed by atoms with Gasteiger partial charge in [-0.1, -0.05) is 120 Å². The fraction of sp³-hybridized carbons (Fsp3) is 0.103. The zero-order valence-corrected chi connectivity index (χ0v) is 17.6. The van der Waals surface area contributed by atoms with Crippen LogP contribution in [0.1, 0.15) is 39.0 Å². The summed E-state index contributed by atoms with van der Waals surface area (Å²) in [6.45, 7) is 0. The summed E-state index contributed by atoms with van der Waals surface area (Å²) in [6.07, 6.45) is 1.34. The predicted molar refractivity (Wildman–Crippen MR) is 127 cm³/mol. The molecule has 0 saturated carbocycles. The molecule has 0 bridgehead atoms. The molecule has 156 valence electrons. The van der Waals surface area contributed by atoms with Gasteiger partial charge in [0.05, 0.1) is 0 Å². The maximum Gasteiger partial charge on any atom is 0.212 e. The van der Waals surface area contributed by atoms with Gasteiger partial charge < -0.3 is 4.84 Å². The Balaban J connectivity index is 1.66. The summed E-state index contributed by atoms with van der Waals surface area (Å²) in [5.74, 6) is -0.0602. The summed E-state index contributed by atoms with van der Waals surface area (Å²) in [5.41, 5.74) is 4.11. The molecule has 0 fully saturated rings. The van der Waals surface area contributed by atoms with Crippen LogP contribution in [0.5, 0.6) is 0 Å². The minimum absolute atomic E-state index is 0.0602. The van der Waals surface area contributed by atoms with Crippen molar-refractivity contribution < 1.29 is 9.63 Å². The van der Waals surface area contributed by atoms with Gasteiger partial charge in [-0.3, -0.25) is 4.79 Å². The van der Waals surface area contributed by atoms with Crippen molar-refractivity contribution in [1.29, 1.82) is 0 Å². The van der Waals surface area contributed by atoms with Gasteiger partial charge in [-0.15, -0.1) is 0 Å². The Morgan fingerprint density at radius 3 is 1.59 bits per heavy atom. The number of carbonyl (C=O) groups is 1. The largest absolute Gasteiger partial charge is 0.374 e. The molecule has 0 radical (unpaired) electrons. The molecule has 0 amide bonds. The Morgan fingerprint density at radius 1 is 0.594 bits per heavy atom. The normalized spacial score (nSPS) is 14.8. The second-order valence-electron chi connectivity index (χ2n) is 7.89. The third kappa shape index (κ3) is 3.52. The highest BCUT2D eigenvalue weighted by Crippen LogP contribution is 2.40. The van der Waals surface area contributed by atoms with Gasteiger partial charge in [0.2, 0.25) is 11.4 Å². The van der Waals surface area contributed by atoms with E-state index >= 15 is 0 Å². The molecule has 0 heterocycles. The lowest BCUT2D eigenvalue weighted by Gasteiger charge is -2.33. The van der Waals surface area contributed by atoms with Crippen LogP contribution in [-0.2, 0) is 16.9 Å². The Kier molecular flexibility index (Phi) is 5.39. The number of fused-ring (bicyclic) bond motifs is 1. The minimum atomic E-state index is -0.978. The highest BCUT2D eigenvalue weighted by atomic mass is 16.7. The first-order valence-electron chi connectivity index (χ1n) is 10.8. The molecule has 0 saturated heterocycles. The average Bonchev–Trinajstić information content (AvgIpc) is 2.88. The lowest BCUT2D eigenvalue weighted by molar-refractivity contribution is 0.0165. The molecule has 0 aliphatic heterocycles. The third-order valence-corrected chi connectivity index (χ3v) is 5.99. The van der Waals surface area contributed by atoms with Gasteiger partial charge in [-0.2, -0.15) is 0 Å². The molecular formula is C29H23NO2. The zero-order chi connectivity index (χ0) is 21.8. The van der Waals surface area contributed by atoms with Crippen molar-refractivity contribution in [2.75, 3.05) is 0 Å². The molecule has 32 heavy (non-hydrogen) atoms. The van der Waals surface area contributed by atoms with E-state index in [1.165, 1.54) is 0 Å². The van der Waals surface area contributed by atoms with Crippen LogP contribution in [0.2, 0.25) is 0 Å². The van der Waals surface area contributed by atoms with E-state index in [1.807, 2.05) is 115 Å². The van der Waals surface area contributed by atoms with E-state index in [0.29, 0.717) is 17.7 Å². The Labute approximate surface area is 188 Å². The molecule has 0 atom stereocenters. The standard InChI is InChI=1S/C29H23NO2/c31-28-26-19-11-10-12-22(26)20-21-27(28)30-32-29(23-13-4-1-5-14-23,24-15-6-2-7-16-24)25-17-8-3-9-18-25/h1-19H,20-21H2/b30-27+. The topological polar surface area (TPSA) is 38.7 Å². The fourth-order valence-corrected chi connectivity index (χ4v) is 4.37. The SMILES string of the molecule is O=C1/C(=N/OC(c2ccccc2)(c2ccccc2)c2ccccc2)CCc2ccccc21. The van der Waals surface area contributed by atoms with Gasteiger partial charge in [0.1, 0.15) is 5.71 Å². The number of benzene rings is 4. The quantitative estimate of drug-likeness (QED) is 0.287. The van der Waals surface area contributed by atoms with Crippen molar-refractivity contribution in [3.05, 3.63) is 143 Å². The van der Waals surface area contributed by atoms with E-state index in [9.17, 15) is 4.79 Å². The minimum Gasteiger partial charge on any atom is -0.374 e. The lowest BCUT2D eigenvalue weighted by atomic mass is 9.80. The smallest absolute Gasteiger partial charge is 0.212 e. The predicted octanol–water partition coefficient (Wildman–Crippen LogP) is 6.18. The molecule has 0 spiro atoms. The van der Waals surface area contributed by atoms with Gasteiger partial charge in [0, 0.05) is 28.7 Å². The number of aryl methyl sites for hydroxylation is 1. The van der Waals surface area contributed by atoms with Gasteiger partial charge in [-0.05, 0) is 12.0 Å². The van der Waals surface area contributed by atoms with Crippen molar-refractivity contribution in [2.24, 2.45) is 5.16 Å². The summed E-state index contributed by atoms with van der Waals surface area (Å²) in [7, 11) is 0. The first kappa shape index (κ1) is 20.0. The van der Waals surface area contributed by atoms with Crippen LogP contribution in [0.4, 0.5) is 0 Å². The highest BCUT2D eigenvalue weighted by molar-refractivity contribution is 6.47. The van der Waals surface area contributed by atoms with Crippen LogP contribution in [0, 0.1) is 0 Å². The monoisotopic (exact) mass is 417 g/mol. The van der Waals surface area contributed by atoms with Crippen molar-refractivity contribution in [3.8, 4) is 0 Å². The molecule has 0 unspecified atom stereocenters. The number of rotatable bonds is 5. The summed E-state index contributed by atoms with van der Waals surface area (Å²) in [4.78, 5) is 19.6. The molecule has 0 N–H and O–H groups in total. The van der Waals surface area contributed by atoms with Gasteiger partial charge >= 0.3 is 0 Å². The van der Waals surface area contributed by atoms with Gasteiger partial charge in [0.15, 0.2) is 0 Å². The van der Waals surface area contributed by atoms with E-state index in [4.69, 9.17) is 4.84 Å².